The van der Waals surface area contributed by atoms with Crippen molar-refractivity contribution in [2.45, 2.75) is 82.3 Å². The zero-order chi connectivity index (χ0) is 24.8. The van der Waals surface area contributed by atoms with Crippen molar-refractivity contribution < 1.29 is 49.3 Å². The first-order valence-electron chi connectivity index (χ1n) is 11.4. The monoisotopic (exact) mass is 480 g/mol. The molecule has 2 aliphatic heterocycles. The van der Waals surface area contributed by atoms with Gasteiger partial charge < -0.3 is 39.7 Å². The Morgan fingerprint density at radius 1 is 1.06 bits per heavy atom. The molecule has 0 amide bonds. The smallest absolute Gasteiger partial charge is 0.342 e. The van der Waals surface area contributed by atoms with Crippen LogP contribution in [0.4, 0.5) is 0 Å². The Labute approximate surface area is 197 Å². The number of allylic oxidation sites excluding steroid dienone is 1. The summed E-state index contributed by atoms with van der Waals surface area (Å²) in [6, 6.07) is 2.60. The molecule has 0 aromatic heterocycles. The van der Waals surface area contributed by atoms with Crippen LogP contribution in [0.1, 0.15) is 61.4 Å². The number of fused-ring (bicyclic) bond motifs is 1. The molecule has 188 valence electrons. The predicted octanol–water partition coefficient (Wildman–Crippen LogP) is 1.05. The second-order valence-corrected chi connectivity index (χ2v) is 8.66. The third-order valence-electron chi connectivity index (χ3n) is 5.92. The van der Waals surface area contributed by atoms with Gasteiger partial charge in [0.05, 0.1) is 12.7 Å². The van der Waals surface area contributed by atoms with Crippen LogP contribution in [-0.2, 0) is 14.3 Å². The van der Waals surface area contributed by atoms with Gasteiger partial charge in [-0.25, -0.2) is 4.79 Å². The van der Waals surface area contributed by atoms with Crippen molar-refractivity contribution in [3.63, 3.8) is 0 Å². The molecule has 5 N–H and O–H groups in total. The molecule has 4 unspecified atom stereocenters. The lowest BCUT2D eigenvalue weighted by molar-refractivity contribution is -0.277. The molecular formula is C24H32O10. The molecule has 0 spiro atoms. The summed E-state index contributed by atoms with van der Waals surface area (Å²) in [6.45, 7) is 1.10. The lowest BCUT2D eigenvalue weighted by Gasteiger charge is -2.39. The van der Waals surface area contributed by atoms with Crippen LogP contribution in [0.15, 0.2) is 18.2 Å². The molecule has 1 aromatic carbocycles. The topological polar surface area (TPSA) is 163 Å². The highest BCUT2D eigenvalue weighted by atomic mass is 16.7. The number of carbonyl (C=O) groups excluding carboxylic acids is 2. The standard InChI is InChI=1S/C24H32O10/c1-13-6-5-9-15(26)8-4-2-3-7-14-10-16(11-17(27)19(14)23(31)32-13)33-24-22(30)21(29)20(28)18(12-25)34-24/h3,7,10-11,13,18,20-22,24-25,27-30H,2,4-6,8-9,12H2,1H3/b7-3+/t13-,18?,20?,21-,22?,24?/m0/s1. The summed E-state index contributed by atoms with van der Waals surface area (Å²) in [4.78, 5) is 24.8. The summed E-state index contributed by atoms with van der Waals surface area (Å²) in [6.07, 6.45) is -1.24. The molecule has 10 nitrogen and oxygen atoms in total. The highest BCUT2D eigenvalue weighted by Crippen LogP contribution is 2.33. The first-order chi connectivity index (χ1) is 16.2. The van der Waals surface area contributed by atoms with E-state index < -0.39 is 55.1 Å². The molecule has 2 heterocycles. The fraction of sp³-hybridized carbons (Fsp3) is 0.583. The number of hydrogen-bond acceptors (Lipinski definition) is 10. The Morgan fingerprint density at radius 2 is 1.79 bits per heavy atom. The molecule has 0 radical (unpaired) electrons. The zero-order valence-electron chi connectivity index (χ0n) is 19.0. The summed E-state index contributed by atoms with van der Waals surface area (Å²) in [5.74, 6) is -0.965. The van der Waals surface area contributed by atoms with Gasteiger partial charge in [-0.05, 0) is 44.2 Å². The number of rotatable bonds is 3. The number of carbonyl (C=O) groups is 2. The first kappa shape index (κ1) is 26.1. The minimum absolute atomic E-state index is 0.0161. The Morgan fingerprint density at radius 3 is 2.53 bits per heavy atom. The first-order valence-corrected chi connectivity index (χ1v) is 11.4. The molecule has 1 saturated heterocycles. The van der Waals surface area contributed by atoms with Crippen molar-refractivity contribution in [1.82, 2.24) is 0 Å². The third kappa shape index (κ3) is 6.34. The molecule has 1 aromatic rings. The number of cyclic esters (lactones) is 1. The van der Waals surface area contributed by atoms with Crippen molar-refractivity contribution in [2.75, 3.05) is 6.61 Å². The van der Waals surface area contributed by atoms with E-state index >= 15 is 0 Å². The van der Waals surface area contributed by atoms with Gasteiger partial charge in [0.15, 0.2) is 0 Å². The molecule has 1 fully saturated rings. The minimum atomic E-state index is -1.63. The number of esters is 1. The fourth-order valence-electron chi connectivity index (χ4n) is 3.98. The average molecular weight is 481 g/mol. The number of aromatic hydroxyl groups is 1. The van der Waals surface area contributed by atoms with Gasteiger partial charge in [-0.2, -0.15) is 0 Å². The number of hydrogen-bond donors (Lipinski definition) is 5. The zero-order valence-corrected chi connectivity index (χ0v) is 19.0. The van der Waals surface area contributed by atoms with Gasteiger partial charge in [0.1, 0.15) is 47.3 Å². The van der Waals surface area contributed by atoms with E-state index in [9.17, 15) is 35.1 Å². The van der Waals surface area contributed by atoms with Crippen LogP contribution in [-0.4, -0.2) is 80.7 Å². The van der Waals surface area contributed by atoms with E-state index in [1.54, 1.807) is 19.1 Å². The lowest BCUT2D eigenvalue weighted by Crippen LogP contribution is -2.60. The van der Waals surface area contributed by atoms with Crippen LogP contribution in [0.3, 0.4) is 0 Å². The maximum absolute atomic E-state index is 12.8. The van der Waals surface area contributed by atoms with E-state index in [0.29, 0.717) is 44.1 Å². The molecule has 0 saturated carbocycles. The van der Waals surface area contributed by atoms with E-state index in [4.69, 9.17) is 14.2 Å². The summed E-state index contributed by atoms with van der Waals surface area (Å²) in [5, 5.41) is 50.1. The predicted molar refractivity (Wildman–Crippen MR) is 119 cm³/mol. The van der Waals surface area contributed by atoms with Crippen molar-refractivity contribution >= 4 is 17.8 Å². The lowest BCUT2D eigenvalue weighted by atomic mass is 9.99. The molecular weight excluding hydrogens is 448 g/mol. The van der Waals surface area contributed by atoms with Gasteiger partial charge >= 0.3 is 5.97 Å². The number of Topliss-reactive ketones (excluding diaryl/α,β-unsaturated/α-hetero) is 1. The number of ether oxygens (including phenoxy) is 3. The molecule has 34 heavy (non-hydrogen) atoms. The molecule has 10 heteroatoms. The van der Waals surface area contributed by atoms with Crippen LogP contribution in [0.5, 0.6) is 11.5 Å². The molecule has 0 aliphatic carbocycles. The van der Waals surface area contributed by atoms with Crippen LogP contribution < -0.4 is 4.74 Å². The summed E-state index contributed by atoms with van der Waals surface area (Å²) in [5.41, 5.74) is 0.234. The summed E-state index contributed by atoms with van der Waals surface area (Å²) in [7, 11) is 0. The minimum Gasteiger partial charge on any atom is -0.507 e. The molecule has 0 bridgehead atoms. The van der Waals surface area contributed by atoms with Gasteiger partial charge in [0.25, 0.3) is 0 Å². The van der Waals surface area contributed by atoms with Crippen LogP contribution in [0.2, 0.25) is 0 Å². The second kappa shape index (κ2) is 11.8. The van der Waals surface area contributed by atoms with E-state index in [2.05, 4.69) is 0 Å². The van der Waals surface area contributed by atoms with Gasteiger partial charge in [-0.15, -0.1) is 0 Å². The maximum atomic E-state index is 12.8. The van der Waals surface area contributed by atoms with Crippen LogP contribution in [0, 0.1) is 0 Å². The van der Waals surface area contributed by atoms with Crippen LogP contribution >= 0.6 is 0 Å². The summed E-state index contributed by atoms with van der Waals surface area (Å²) >= 11 is 0. The quantitative estimate of drug-likeness (QED) is 0.395. The van der Waals surface area contributed by atoms with E-state index in [0.717, 1.165) is 6.07 Å². The van der Waals surface area contributed by atoms with Crippen LogP contribution in [0.25, 0.3) is 6.08 Å². The van der Waals surface area contributed by atoms with Gasteiger partial charge in [0.2, 0.25) is 6.29 Å². The third-order valence-corrected chi connectivity index (χ3v) is 5.92. The Hall–Kier alpha value is -2.50. The van der Waals surface area contributed by atoms with Gasteiger partial charge in [-0.3, -0.25) is 4.79 Å². The maximum Gasteiger partial charge on any atom is 0.342 e. The number of phenolic OH excluding ortho intramolecular Hbond substituents is 1. The number of aliphatic hydroxyl groups is 4. The SMILES string of the molecule is C[C@H]1CCCC(=O)CCC/C=C/c2cc(OC3OC(CO)C(O)[C@H](O)C3O)cc(O)c2C(=O)O1. The number of benzene rings is 1. The Kier molecular flexibility index (Phi) is 9.03. The van der Waals surface area contributed by atoms with Crippen molar-refractivity contribution in [3.8, 4) is 11.5 Å². The van der Waals surface area contributed by atoms with E-state index in [1.807, 2.05) is 0 Å². The van der Waals surface area contributed by atoms with E-state index in [-0.39, 0.29) is 17.1 Å². The summed E-state index contributed by atoms with van der Waals surface area (Å²) < 4.78 is 16.4. The Balaban J connectivity index is 1.88. The van der Waals surface area contributed by atoms with Gasteiger partial charge in [-0.1, -0.05) is 12.2 Å². The highest BCUT2D eigenvalue weighted by molar-refractivity contribution is 5.97. The largest absolute Gasteiger partial charge is 0.507 e. The number of phenols is 1. The normalized spacial score (nSPS) is 32.3. The van der Waals surface area contributed by atoms with E-state index in [1.165, 1.54) is 6.07 Å². The second-order valence-electron chi connectivity index (χ2n) is 8.66. The van der Waals surface area contributed by atoms with Gasteiger partial charge in [0, 0.05) is 18.9 Å². The number of aliphatic hydroxyl groups excluding tert-OH is 4. The fourth-order valence-corrected chi connectivity index (χ4v) is 3.98. The molecule has 2 aliphatic rings. The van der Waals surface area contributed by atoms with Crippen molar-refractivity contribution in [3.05, 3.63) is 29.3 Å². The van der Waals surface area contributed by atoms with Crippen molar-refractivity contribution in [1.29, 1.82) is 0 Å². The van der Waals surface area contributed by atoms with Crippen molar-refractivity contribution in [2.24, 2.45) is 0 Å². The highest BCUT2D eigenvalue weighted by Gasteiger charge is 2.44. The average Bonchev–Trinajstić information content (AvgIpc) is 2.78. The molecule has 6 atom stereocenters. The number of ketones is 1. The molecule has 3 rings (SSSR count). The Bertz CT molecular complexity index is 896.